The number of nitrogens with zero attached hydrogens (tertiary/aromatic N) is 1. The highest BCUT2D eigenvalue weighted by molar-refractivity contribution is 7.50. The number of carbonyl (C=O) groups is 7. The Morgan fingerprint density at radius 3 is 1.92 bits per heavy atom. The van der Waals surface area contributed by atoms with Crippen LogP contribution < -0.4 is 21.0 Å². The molecule has 1 aromatic heterocycles. The second kappa shape index (κ2) is 21.4. The second-order valence-corrected chi connectivity index (χ2v) is 11.9. The number of unbranched alkanes of at least 4 members (excludes halogenated alkanes) is 2. The number of hydrogen-bond donors (Lipinski definition) is 9. The zero-order valence-corrected chi connectivity index (χ0v) is 26.5. The molecule has 0 fully saturated rings. The van der Waals surface area contributed by atoms with Gasteiger partial charge in [-0.1, -0.05) is 6.42 Å². The van der Waals surface area contributed by atoms with Gasteiger partial charge in [0.1, 0.15) is 18.1 Å². The molecule has 0 aliphatic heterocycles. The van der Waals surface area contributed by atoms with Crippen molar-refractivity contribution in [1.29, 1.82) is 0 Å². The molecule has 9 N–H and O–H groups in total. The first kappa shape index (κ1) is 41.5. The summed E-state index contributed by atoms with van der Waals surface area (Å²) in [6.07, 6.45) is -0.000265. The van der Waals surface area contributed by atoms with Gasteiger partial charge in [0.05, 0.1) is 12.2 Å². The maximum atomic E-state index is 12.8. The summed E-state index contributed by atoms with van der Waals surface area (Å²) in [5.74, 6) is -8.41. The summed E-state index contributed by atoms with van der Waals surface area (Å²) >= 11 is 0. The SMILES string of the molecule is O=C(O)CCC(NP(=O)(O)OCCCC(NC(=O)CCC(NC(=O)CCCCCNC(=O)c1ccc(F)nc1)C(=O)O)C(=O)O)C(=O)O. The number of carbonyl (C=O) groups excluding carboxylic acids is 3. The van der Waals surface area contributed by atoms with Crippen molar-refractivity contribution < 1.29 is 72.4 Å². The molecule has 0 radical (unpaired) electrons. The number of rotatable bonds is 25. The molecule has 4 atom stereocenters. The lowest BCUT2D eigenvalue weighted by Gasteiger charge is -2.19. The van der Waals surface area contributed by atoms with E-state index in [1.165, 1.54) is 6.07 Å². The molecule has 268 valence electrons. The quantitative estimate of drug-likeness (QED) is 0.0373. The Labute approximate surface area is 273 Å². The van der Waals surface area contributed by atoms with E-state index in [1.807, 2.05) is 5.09 Å². The van der Waals surface area contributed by atoms with Crippen molar-refractivity contribution in [1.82, 2.24) is 26.0 Å². The topological polar surface area (TPSA) is 308 Å². The number of aromatic nitrogens is 1. The minimum atomic E-state index is -4.72. The lowest BCUT2D eigenvalue weighted by molar-refractivity contribution is -0.143. The lowest BCUT2D eigenvalue weighted by Crippen LogP contribution is -2.44. The Morgan fingerprint density at radius 2 is 1.35 bits per heavy atom. The van der Waals surface area contributed by atoms with Crippen LogP contribution in [0.5, 0.6) is 0 Å². The molecular weight excluding hydrogens is 668 g/mol. The van der Waals surface area contributed by atoms with Crippen LogP contribution in [0.4, 0.5) is 4.39 Å². The zero-order chi connectivity index (χ0) is 36.3. The summed E-state index contributed by atoms with van der Waals surface area (Å²) in [5.41, 5.74) is 0.184. The zero-order valence-electron chi connectivity index (χ0n) is 25.6. The van der Waals surface area contributed by atoms with E-state index >= 15 is 0 Å². The number of hydrogen-bond acceptors (Lipinski definition) is 10. The third-order valence-corrected chi connectivity index (χ3v) is 7.62. The first-order valence-electron chi connectivity index (χ1n) is 14.6. The Bertz CT molecular complexity index is 1330. The van der Waals surface area contributed by atoms with Crippen LogP contribution >= 0.6 is 7.75 Å². The molecule has 1 heterocycles. The molecule has 0 aliphatic carbocycles. The Hall–Kier alpha value is -4.52. The van der Waals surface area contributed by atoms with E-state index in [0.29, 0.717) is 19.3 Å². The van der Waals surface area contributed by atoms with Crippen LogP contribution in [0.3, 0.4) is 0 Å². The molecule has 0 saturated heterocycles. The van der Waals surface area contributed by atoms with Crippen molar-refractivity contribution in [2.24, 2.45) is 0 Å². The molecule has 48 heavy (non-hydrogen) atoms. The van der Waals surface area contributed by atoms with Crippen LogP contribution in [0.1, 0.15) is 74.6 Å². The molecule has 0 spiro atoms. The molecule has 3 amide bonds. The number of aliphatic carboxylic acids is 4. The molecule has 0 aliphatic rings. The molecule has 0 bridgehead atoms. The molecule has 1 aromatic rings. The van der Waals surface area contributed by atoms with E-state index in [4.69, 9.17) is 14.7 Å². The highest BCUT2D eigenvalue weighted by atomic mass is 31.2. The van der Waals surface area contributed by atoms with Crippen molar-refractivity contribution in [2.75, 3.05) is 13.2 Å². The number of carboxylic acids is 4. The van der Waals surface area contributed by atoms with Crippen LogP contribution in [0.15, 0.2) is 18.3 Å². The first-order valence-corrected chi connectivity index (χ1v) is 16.2. The van der Waals surface area contributed by atoms with Gasteiger partial charge in [-0.2, -0.15) is 4.39 Å². The Kier molecular flexibility index (Phi) is 18.5. The standard InChI is InChI=1S/C27H39FN5O14P/c28-20-10-7-16(15-30-20)24(38)29-13-3-1-2-6-21(34)32-18(26(41)42)8-11-22(35)31-17(25(39)40)5-4-14-47-48(45,46)33-19(27(43)44)9-12-23(36)37/h7,10,15,17-19H,1-6,8-9,11-14H2,(H,29,38)(H,31,35)(H,32,34)(H,36,37)(H,39,40)(H,41,42)(H,43,44)(H2,33,45,46). The van der Waals surface area contributed by atoms with Crippen molar-refractivity contribution in [3.8, 4) is 0 Å². The van der Waals surface area contributed by atoms with Gasteiger partial charge < -0.3 is 41.3 Å². The van der Waals surface area contributed by atoms with E-state index in [2.05, 4.69) is 20.9 Å². The highest BCUT2D eigenvalue weighted by Crippen LogP contribution is 2.38. The number of amides is 3. The monoisotopic (exact) mass is 707 g/mol. The average Bonchev–Trinajstić information content (AvgIpc) is 3.00. The maximum Gasteiger partial charge on any atom is 0.403 e. The van der Waals surface area contributed by atoms with Gasteiger partial charge in [0.15, 0.2) is 0 Å². The minimum absolute atomic E-state index is 0.0371. The normalized spacial score (nSPS) is 14.0. The number of carboxylic acid groups (broad SMARTS) is 4. The highest BCUT2D eigenvalue weighted by Gasteiger charge is 2.30. The van der Waals surface area contributed by atoms with Crippen LogP contribution in [0.2, 0.25) is 0 Å². The summed E-state index contributed by atoms with van der Waals surface area (Å²) < 4.78 is 29.7. The minimum Gasteiger partial charge on any atom is -0.481 e. The summed E-state index contributed by atoms with van der Waals surface area (Å²) in [6, 6.07) is -2.31. The van der Waals surface area contributed by atoms with Gasteiger partial charge in [0.25, 0.3) is 5.91 Å². The second-order valence-electron chi connectivity index (χ2n) is 10.3. The van der Waals surface area contributed by atoms with Gasteiger partial charge in [0.2, 0.25) is 17.8 Å². The van der Waals surface area contributed by atoms with Gasteiger partial charge in [-0.25, -0.2) is 24.2 Å². The summed E-state index contributed by atoms with van der Waals surface area (Å²) in [7, 11) is -4.72. The van der Waals surface area contributed by atoms with Gasteiger partial charge in [-0.3, -0.25) is 28.5 Å². The molecule has 1 rings (SSSR count). The van der Waals surface area contributed by atoms with Gasteiger partial charge in [-0.15, -0.1) is 0 Å². The fraction of sp³-hybridized carbons (Fsp3) is 0.556. The van der Waals surface area contributed by atoms with E-state index in [-0.39, 0.29) is 37.8 Å². The molecule has 0 aromatic carbocycles. The molecule has 4 unspecified atom stereocenters. The van der Waals surface area contributed by atoms with E-state index in [9.17, 15) is 57.6 Å². The van der Waals surface area contributed by atoms with Gasteiger partial charge in [0, 0.05) is 32.0 Å². The van der Waals surface area contributed by atoms with Crippen molar-refractivity contribution >= 4 is 49.3 Å². The van der Waals surface area contributed by atoms with Crippen LogP contribution in [0, 0.1) is 5.95 Å². The van der Waals surface area contributed by atoms with E-state index in [0.717, 1.165) is 12.3 Å². The van der Waals surface area contributed by atoms with Crippen molar-refractivity contribution in [2.45, 2.75) is 82.3 Å². The third kappa shape index (κ3) is 18.0. The lowest BCUT2D eigenvalue weighted by atomic mass is 10.1. The van der Waals surface area contributed by atoms with Crippen LogP contribution in [-0.4, -0.2) is 103 Å². The average molecular weight is 708 g/mol. The number of nitrogens with one attached hydrogen (secondary N) is 4. The molecular formula is C27H39FN5O14P. The largest absolute Gasteiger partial charge is 0.481 e. The summed E-state index contributed by atoms with van der Waals surface area (Å²) in [4.78, 5) is 94.7. The summed E-state index contributed by atoms with van der Waals surface area (Å²) in [6.45, 7) is -0.265. The van der Waals surface area contributed by atoms with Crippen molar-refractivity contribution in [3.63, 3.8) is 0 Å². The van der Waals surface area contributed by atoms with E-state index in [1.54, 1.807) is 0 Å². The van der Waals surface area contributed by atoms with E-state index < -0.39 is 99.3 Å². The molecule has 19 nitrogen and oxygen atoms in total. The summed E-state index contributed by atoms with van der Waals surface area (Å²) in [5, 5.41) is 45.5. The fourth-order valence-electron chi connectivity index (χ4n) is 3.95. The van der Waals surface area contributed by atoms with Crippen molar-refractivity contribution in [3.05, 3.63) is 29.8 Å². The Balaban J connectivity index is 2.40. The number of halogens is 1. The molecule has 0 saturated carbocycles. The maximum absolute atomic E-state index is 12.8. The smallest absolute Gasteiger partial charge is 0.403 e. The predicted octanol–water partition coefficient (Wildman–Crippen LogP) is 0.235. The fourth-order valence-corrected chi connectivity index (χ4v) is 5.03. The van der Waals surface area contributed by atoms with Gasteiger partial charge in [-0.05, 0) is 50.7 Å². The predicted molar refractivity (Wildman–Crippen MR) is 160 cm³/mol. The Morgan fingerprint density at radius 1 is 0.771 bits per heavy atom. The number of pyridine rings is 1. The van der Waals surface area contributed by atoms with Crippen LogP contribution in [0.25, 0.3) is 0 Å². The third-order valence-electron chi connectivity index (χ3n) is 6.45. The first-order chi connectivity index (χ1) is 22.5. The molecule has 21 heteroatoms. The van der Waals surface area contributed by atoms with Gasteiger partial charge >= 0.3 is 31.6 Å². The van der Waals surface area contributed by atoms with Crippen LogP contribution in [-0.2, 0) is 37.9 Å².